The molecule has 0 unspecified atom stereocenters. The number of hydrogen-bond donors (Lipinski definition) is 1. The number of nitrogens with zero attached hydrogens (tertiary/aromatic N) is 1. The highest BCUT2D eigenvalue weighted by atomic mass is 16.2. The van der Waals surface area contributed by atoms with Crippen molar-refractivity contribution in [3.63, 3.8) is 0 Å². The molecule has 0 radical (unpaired) electrons. The van der Waals surface area contributed by atoms with Gasteiger partial charge in [0.05, 0.1) is 17.5 Å². The maximum atomic E-state index is 13.6. The highest BCUT2D eigenvalue weighted by molar-refractivity contribution is 6.06. The van der Waals surface area contributed by atoms with Crippen molar-refractivity contribution < 1.29 is 9.59 Å². The number of anilines is 1. The van der Waals surface area contributed by atoms with E-state index in [1.54, 1.807) is 0 Å². The normalized spacial score (nSPS) is 26.9. The lowest BCUT2D eigenvalue weighted by Gasteiger charge is -2.52. The summed E-state index contributed by atoms with van der Waals surface area (Å²) in [6.45, 7) is 0. The van der Waals surface area contributed by atoms with Gasteiger partial charge in [0.2, 0.25) is 5.91 Å². The Morgan fingerprint density at radius 3 is 1.61 bits per heavy atom. The highest BCUT2D eigenvalue weighted by Crippen LogP contribution is 2.59. The highest BCUT2D eigenvalue weighted by Gasteiger charge is 2.58. The van der Waals surface area contributed by atoms with Crippen molar-refractivity contribution in [2.45, 2.75) is 11.8 Å². The molecule has 136 valence electrons. The van der Waals surface area contributed by atoms with Gasteiger partial charge in [0, 0.05) is 11.8 Å². The van der Waals surface area contributed by atoms with E-state index in [9.17, 15) is 9.59 Å². The van der Waals surface area contributed by atoms with E-state index in [0.29, 0.717) is 5.69 Å². The first-order valence-corrected chi connectivity index (χ1v) is 9.63. The monoisotopic (exact) mass is 366 g/mol. The van der Waals surface area contributed by atoms with E-state index < -0.39 is 0 Å². The lowest BCUT2D eigenvalue weighted by atomic mass is 9.53. The number of benzene rings is 3. The molecule has 1 aliphatic heterocycles. The van der Waals surface area contributed by atoms with Crippen molar-refractivity contribution in [2.24, 2.45) is 11.8 Å². The Morgan fingerprint density at radius 2 is 1.07 bits per heavy atom. The Kier molecular flexibility index (Phi) is 3.10. The van der Waals surface area contributed by atoms with Crippen molar-refractivity contribution in [2.75, 3.05) is 5.01 Å². The van der Waals surface area contributed by atoms with Gasteiger partial charge in [0.15, 0.2) is 0 Å². The Morgan fingerprint density at radius 1 is 0.607 bits per heavy atom. The van der Waals surface area contributed by atoms with E-state index in [2.05, 4.69) is 29.7 Å². The van der Waals surface area contributed by atoms with Crippen molar-refractivity contribution in [3.05, 3.63) is 101 Å². The van der Waals surface area contributed by atoms with E-state index in [-0.39, 0.29) is 35.5 Å². The second-order valence-corrected chi connectivity index (χ2v) is 7.75. The van der Waals surface area contributed by atoms with Gasteiger partial charge in [0.1, 0.15) is 0 Å². The quantitative estimate of drug-likeness (QED) is 0.716. The summed E-state index contributed by atoms with van der Waals surface area (Å²) < 4.78 is 0. The van der Waals surface area contributed by atoms with Crippen LogP contribution in [0.4, 0.5) is 5.69 Å². The van der Waals surface area contributed by atoms with Crippen LogP contribution < -0.4 is 10.4 Å². The molecule has 1 saturated heterocycles. The van der Waals surface area contributed by atoms with Crippen LogP contribution in [0.15, 0.2) is 78.9 Å². The van der Waals surface area contributed by atoms with Crippen molar-refractivity contribution >= 4 is 17.5 Å². The molecule has 7 rings (SSSR count). The zero-order chi connectivity index (χ0) is 18.8. The SMILES string of the molecule is O=C1NN(c2ccccc2)C(=O)[C@@H]2C3c4ccccc4C(c4ccccc43)[C@H]12. The number of para-hydroxylation sites is 1. The molecule has 1 fully saturated rings. The second-order valence-electron chi connectivity index (χ2n) is 7.75. The summed E-state index contributed by atoms with van der Waals surface area (Å²) in [6.07, 6.45) is 0. The number of hydrogen-bond acceptors (Lipinski definition) is 2. The first-order valence-electron chi connectivity index (χ1n) is 9.63. The third kappa shape index (κ3) is 1.89. The van der Waals surface area contributed by atoms with Crippen LogP contribution in [0.2, 0.25) is 0 Å². The maximum Gasteiger partial charge on any atom is 0.250 e. The molecule has 2 bridgehead atoms. The van der Waals surface area contributed by atoms with Crippen LogP contribution in [-0.2, 0) is 9.59 Å². The van der Waals surface area contributed by atoms with E-state index in [1.807, 2.05) is 54.6 Å². The standard InChI is InChI=1S/C24H18N2O2/c27-23-21-19-15-10-4-6-12-17(15)20(18-13-7-5-11-16(18)19)22(21)24(28)26(25-23)14-8-2-1-3-9-14/h1-13,19-22H,(H,25,27)/t19?,20?,21-,22+/m0/s1. The Labute approximate surface area is 162 Å². The second kappa shape index (κ2) is 5.55. The fraction of sp³-hybridized carbons (Fsp3) is 0.167. The summed E-state index contributed by atoms with van der Waals surface area (Å²) in [4.78, 5) is 26.9. The first-order chi connectivity index (χ1) is 13.8. The number of hydrazine groups is 1. The van der Waals surface area contributed by atoms with Crippen molar-refractivity contribution in [1.82, 2.24) is 5.43 Å². The van der Waals surface area contributed by atoms with Gasteiger partial charge < -0.3 is 0 Å². The molecule has 2 atom stereocenters. The van der Waals surface area contributed by atoms with E-state index in [1.165, 1.54) is 27.3 Å². The van der Waals surface area contributed by atoms with Crippen molar-refractivity contribution in [3.8, 4) is 0 Å². The summed E-state index contributed by atoms with van der Waals surface area (Å²) in [5.74, 6) is -1.04. The zero-order valence-corrected chi connectivity index (χ0v) is 15.1. The third-order valence-corrected chi connectivity index (χ3v) is 6.48. The van der Waals surface area contributed by atoms with E-state index in [4.69, 9.17) is 0 Å². The van der Waals surface area contributed by atoms with Gasteiger partial charge in [-0.3, -0.25) is 15.0 Å². The molecule has 28 heavy (non-hydrogen) atoms. The Hall–Kier alpha value is -3.40. The van der Waals surface area contributed by atoms with Crippen LogP contribution >= 0.6 is 0 Å². The summed E-state index contributed by atoms with van der Waals surface area (Å²) >= 11 is 0. The van der Waals surface area contributed by atoms with Crippen LogP contribution in [-0.4, -0.2) is 11.8 Å². The van der Waals surface area contributed by atoms with E-state index >= 15 is 0 Å². The lowest BCUT2D eigenvalue weighted by molar-refractivity contribution is -0.142. The number of carbonyl (C=O) groups excluding carboxylic acids is 2. The molecule has 4 aliphatic rings. The average Bonchev–Trinajstić information content (AvgIpc) is 2.76. The summed E-state index contributed by atoms with van der Waals surface area (Å²) in [5, 5.41) is 1.44. The summed E-state index contributed by atoms with van der Waals surface area (Å²) in [5.41, 5.74) is 8.30. The van der Waals surface area contributed by atoms with Gasteiger partial charge in [-0.25, -0.2) is 5.01 Å². The van der Waals surface area contributed by atoms with Crippen LogP contribution in [0.1, 0.15) is 34.1 Å². The summed E-state index contributed by atoms with van der Waals surface area (Å²) in [7, 11) is 0. The van der Waals surface area contributed by atoms with Gasteiger partial charge in [-0.1, -0.05) is 66.7 Å². The molecule has 0 spiro atoms. The fourth-order valence-electron chi connectivity index (χ4n) is 5.45. The molecule has 2 amide bonds. The molecule has 0 aromatic heterocycles. The minimum Gasteiger partial charge on any atom is -0.273 e. The fourth-order valence-corrected chi connectivity index (χ4v) is 5.45. The van der Waals surface area contributed by atoms with Crippen LogP contribution in [0, 0.1) is 11.8 Å². The molecule has 1 heterocycles. The maximum absolute atomic E-state index is 13.6. The molecular formula is C24H18N2O2. The number of nitrogens with one attached hydrogen (secondary N) is 1. The lowest BCUT2D eigenvalue weighted by Crippen LogP contribution is -2.64. The van der Waals surface area contributed by atoms with Gasteiger partial charge in [-0.05, 0) is 34.4 Å². The number of rotatable bonds is 1. The van der Waals surface area contributed by atoms with E-state index in [0.717, 1.165) is 0 Å². The minimum absolute atomic E-state index is 0.0326. The smallest absolute Gasteiger partial charge is 0.250 e. The summed E-state index contributed by atoms with van der Waals surface area (Å²) in [6, 6.07) is 25.9. The van der Waals surface area contributed by atoms with Gasteiger partial charge >= 0.3 is 0 Å². The van der Waals surface area contributed by atoms with Crippen LogP contribution in [0.3, 0.4) is 0 Å². The molecule has 3 aromatic carbocycles. The molecular weight excluding hydrogens is 348 g/mol. The predicted molar refractivity (Wildman–Crippen MR) is 106 cm³/mol. The topological polar surface area (TPSA) is 49.4 Å². The molecule has 3 aliphatic carbocycles. The molecule has 0 saturated carbocycles. The largest absolute Gasteiger partial charge is 0.273 e. The molecule has 4 heteroatoms. The van der Waals surface area contributed by atoms with Crippen LogP contribution in [0.25, 0.3) is 0 Å². The first kappa shape index (κ1) is 15.6. The van der Waals surface area contributed by atoms with Crippen LogP contribution in [0.5, 0.6) is 0 Å². The average molecular weight is 366 g/mol. The minimum atomic E-state index is -0.385. The predicted octanol–water partition coefficient (Wildman–Crippen LogP) is 3.59. The molecule has 1 N–H and O–H groups in total. The number of carbonyl (C=O) groups is 2. The third-order valence-electron chi connectivity index (χ3n) is 6.48. The number of amides is 2. The Balaban J connectivity index is 1.57. The molecule has 3 aromatic rings. The van der Waals surface area contributed by atoms with Gasteiger partial charge in [0.25, 0.3) is 5.91 Å². The zero-order valence-electron chi connectivity index (χ0n) is 15.1. The van der Waals surface area contributed by atoms with Gasteiger partial charge in [-0.15, -0.1) is 0 Å². The van der Waals surface area contributed by atoms with Gasteiger partial charge in [-0.2, -0.15) is 0 Å². The Bertz CT molecular complexity index is 1080. The molecule has 4 nitrogen and oxygen atoms in total. The van der Waals surface area contributed by atoms with Crippen molar-refractivity contribution in [1.29, 1.82) is 0 Å².